The first kappa shape index (κ1) is 12.5. The molecule has 1 N–H and O–H groups in total. The molecule has 1 aliphatic carbocycles. The lowest BCUT2D eigenvalue weighted by Crippen LogP contribution is -2.25. The summed E-state index contributed by atoms with van der Waals surface area (Å²) in [7, 11) is 1.57. The van der Waals surface area contributed by atoms with E-state index in [1.165, 1.54) is 6.42 Å². The third-order valence-corrected chi connectivity index (χ3v) is 3.27. The van der Waals surface area contributed by atoms with Crippen LogP contribution in [-0.2, 0) is 0 Å². The summed E-state index contributed by atoms with van der Waals surface area (Å²) in [5, 5.41) is 10.3. The van der Waals surface area contributed by atoms with Gasteiger partial charge in [0, 0.05) is 16.7 Å². The summed E-state index contributed by atoms with van der Waals surface area (Å²) >= 11 is 5.98. The van der Waals surface area contributed by atoms with Gasteiger partial charge in [0.05, 0.1) is 19.3 Å². The fourth-order valence-corrected chi connectivity index (χ4v) is 2.05. The number of ether oxygens (including phenoxy) is 2. The highest BCUT2D eigenvalue weighted by Gasteiger charge is 2.24. The van der Waals surface area contributed by atoms with Gasteiger partial charge in [0.2, 0.25) is 0 Å². The van der Waals surface area contributed by atoms with E-state index in [0.29, 0.717) is 22.1 Å². The predicted octanol–water partition coefficient (Wildman–Crippen LogP) is 3.33. The lowest BCUT2D eigenvalue weighted by atomic mass is 9.96. The summed E-state index contributed by atoms with van der Waals surface area (Å²) in [6.07, 6.45) is 2.93. The Morgan fingerprint density at radius 3 is 2.59 bits per heavy atom. The lowest BCUT2D eigenvalue weighted by molar-refractivity contribution is 0.108. The highest BCUT2D eigenvalue weighted by molar-refractivity contribution is 6.30. The van der Waals surface area contributed by atoms with E-state index in [9.17, 15) is 5.11 Å². The van der Waals surface area contributed by atoms with E-state index in [0.717, 1.165) is 12.8 Å². The van der Waals surface area contributed by atoms with Gasteiger partial charge in [-0.25, -0.2) is 0 Å². The maximum absolute atomic E-state index is 9.76. The molecule has 1 unspecified atom stereocenters. The van der Waals surface area contributed by atoms with Crippen molar-refractivity contribution in [2.45, 2.75) is 38.4 Å². The van der Waals surface area contributed by atoms with Gasteiger partial charge in [0.15, 0.2) is 11.5 Å². The fraction of sp³-hybridized carbons (Fsp3) is 0.538. The van der Waals surface area contributed by atoms with Gasteiger partial charge in [-0.05, 0) is 32.3 Å². The van der Waals surface area contributed by atoms with Crippen molar-refractivity contribution in [3.63, 3.8) is 0 Å². The molecule has 0 saturated heterocycles. The number of aliphatic hydroxyl groups excluding tert-OH is 1. The Labute approximate surface area is 106 Å². The number of aliphatic hydroxyl groups is 1. The van der Waals surface area contributed by atoms with Crippen LogP contribution in [0.2, 0.25) is 5.02 Å². The summed E-state index contributed by atoms with van der Waals surface area (Å²) < 4.78 is 11.1. The monoisotopic (exact) mass is 256 g/mol. The van der Waals surface area contributed by atoms with Crippen LogP contribution >= 0.6 is 11.6 Å². The quantitative estimate of drug-likeness (QED) is 0.898. The topological polar surface area (TPSA) is 38.7 Å². The molecule has 0 radical (unpaired) electrons. The molecule has 0 aliphatic heterocycles. The minimum absolute atomic E-state index is 0.238. The molecule has 1 aromatic carbocycles. The Balaban J connectivity index is 2.36. The molecule has 94 valence electrons. The smallest absolute Gasteiger partial charge is 0.167 e. The van der Waals surface area contributed by atoms with E-state index in [1.54, 1.807) is 26.2 Å². The molecule has 1 fully saturated rings. The first-order valence-corrected chi connectivity index (χ1v) is 6.21. The first-order valence-electron chi connectivity index (χ1n) is 5.84. The average Bonchev–Trinajstić information content (AvgIpc) is 2.23. The van der Waals surface area contributed by atoms with Crippen molar-refractivity contribution < 1.29 is 14.6 Å². The molecule has 3 nitrogen and oxygen atoms in total. The van der Waals surface area contributed by atoms with Crippen molar-refractivity contribution in [2.75, 3.05) is 7.11 Å². The van der Waals surface area contributed by atoms with Gasteiger partial charge < -0.3 is 14.6 Å². The zero-order valence-corrected chi connectivity index (χ0v) is 10.8. The number of hydrogen-bond donors (Lipinski definition) is 1. The van der Waals surface area contributed by atoms with Crippen LogP contribution in [0.5, 0.6) is 11.5 Å². The Morgan fingerprint density at radius 1 is 1.41 bits per heavy atom. The van der Waals surface area contributed by atoms with Gasteiger partial charge in [0.1, 0.15) is 0 Å². The summed E-state index contributed by atoms with van der Waals surface area (Å²) in [6.45, 7) is 1.69. The molecule has 1 atom stereocenters. The van der Waals surface area contributed by atoms with Crippen molar-refractivity contribution >= 4 is 11.6 Å². The van der Waals surface area contributed by atoms with Gasteiger partial charge >= 0.3 is 0 Å². The first-order chi connectivity index (χ1) is 8.11. The molecule has 0 bridgehead atoms. The molecule has 17 heavy (non-hydrogen) atoms. The standard InChI is InChI=1S/C13H17ClO3/c1-8(15)11-6-9(14)7-12(16-2)13(11)17-10-4-3-5-10/h6-8,10,15H,3-5H2,1-2H3. The minimum atomic E-state index is -0.627. The molecule has 0 heterocycles. The predicted molar refractivity (Wildman–Crippen MR) is 66.9 cm³/mol. The van der Waals surface area contributed by atoms with Crippen molar-refractivity contribution in [1.29, 1.82) is 0 Å². The third-order valence-electron chi connectivity index (χ3n) is 3.06. The molecule has 1 aromatic rings. The van der Waals surface area contributed by atoms with Crippen LogP contribution in [-0.4, -0.2) is 18.3 Å². The third kappa shape index (κ3) is 2.67. The van der Waals surface area contributed by atoms with E-state index < -0.39 is 6.10 Å². The Bertz CT molecular complexity index is 400. The van der Waals surface area contributed by atoms with E-state index in [-0.39, 0.29) is 6.10 Å². The van der Waals surface area contributed by atoms with E-state index in [2.05, 4.69) is 0 Å². The van der Waals surface area contributed by atoms with Crippen LogP contribution < -0.4 is 9.47 Å². The van der Waals surface area contributed by atoms with Crippen LogP contribution in [0.3, 0.4) is 0 Å². The lowest BCUT2D eigenvalue weighted by Gasteiger charge is -2.29. The Kier molecular flexibility index (Phi) is 3.79. The summed E-state index contributed by atoms with van der Waals surface area (Å²) in [6, 6.07) is 3.43. The van der Waals surface area contributed by atoms with E-state index in [4.69, 9.17) is 21.1 Å². The van der Waals surface area contributed by atoms with E-state index >= 15 is 0 Å². The number of halogens is 1. The van der Waals surface area contributed by atoms with Crippen LogP contribution in [0.4, 0.5) is 0 Å². The fourth-order valence-electron chi connectivity index (χ4n) is 1.83. The maximum Gasteiger partial charge on any atom is 0.167 e. The number of methoxy groups -OCH3 is 1. The van der Waals surface area contributed by atoms with Crippen molar-refractivity contribution in [2.24, 2.45) is 0 Å². The number of benzene rings is 1. The summed E-state index contributed by atoms with van der Waals surface area (Å²) in [5.41, 5.74) is 0.682. The summed E-state index contributed by atoms with van der Waals surface area (Å²) in [4.78, 5) is 0. The van der Waals surface area contributed by atoms with Crippen molar-refractivity contribution in [1.82, 2.24) is 0 Å². The zero-order valence-electron chi connectivity index (χ0n) is 10.1. The number of rotatable bonds is 4. The van der Waals surface area contributed by atoms with Gasteiger partial charge in [-0.3, -0.25) is 0 Å². The average molecular weight is 257 g/mol. The molecule has 1 saturated carbocycles. The second kappa shape index (κ2) is 5.15. The van der Waals surface area contributed by atoms with Crippen LogP contribution in [0.25, 0.3) is 0 Å². The van der Waals surface area contributed by atoms with Gasteiger partial charge in [-0.1, -0.05) is 11.6 Å². The maximum atomic E-state index is 9.76. The second-order valence-electron chi connectivity index (χ2n) is 4.37. The molecular formula is C13H17ClO3. The van der Waals surface area contributed by atoms with Crippen LogP contribution in [0.15, 0.2) is 12.1 Å². The Hall–Kier alpha value is -0.930. The van der Waals surface area contributed by atoms with E-state index in [1.807, 2.05) is 0 Å². The Morgan fingerprint density at radius 2 is 2.12 bits per heavy atom. The molecule has 1 aliphatic rings. The van der Waals surface area contributed by atoms with Crippen LogP contribution in [0.1, 0.15) is 37.9 Å². The number of hydrogen-bond acceptors (Lipinski definition) is 3. The van der Waals surface area contributed by atoms with Crippen molar-refractivity contribution in [3.8, 4) is 11.5 Å². The highest BCUT2D eigenvalue weighted by Crippen LogP contribution is 2.40. The SMILES string of the molecule is COc1cc(Cl)cc(C(C)O)c1OC1CCC1. The van der Waals surface area contributed by atoms with Gasteiger partial charge in [0.25, 0.3) is 0 Å². The molecule has 2 rings (SSSR count). The highest BCUT2D eigenvalue weighted by atomic mass is 35.5. The zero-order chi connectivity index (χ0) is 12.4. The molecule has 0 amide bonds. The van der Waals surface area contributed by atoms with Gasteiger partial charge in [-0.2, -0.15) is 0 Å². The molecule has 0 spiro atoms. The second-order valence-corrected chi connectivity index (χ2v) is 4.81. The molecule has 4 heteroatoms. The van der Waals surface area contributed by atoms with Crippen molar-refractivity contribution in [3.05, 3.63) is 22.7 Å². The molecular weight excluding hydrogens is 240 g/mol. The largest absolute Gasteiger partial charge is 0.493 e. The normalized spacial score (nSPS) is 17.4. The van der Waals surface area contributed by atoms with Gasteiger partial charge in [-0.15, -0.1) is 0 Å². The molecule has 0 aromatic heterocycles. The summed E-state index contributed by atoms with van der Waals surface area (Å²) in [5.74, 6) is 1.21. The minimum Gasteiger partial charge on any atom is -0.493 e. The van der Waals surface area contributed by atoms with Crippen LogP contribution in [0, 0.1) is 0 Å².